The highest BCUT2D eigenvalue weighted by atomic mass is 31.2. The van der Waals surface area contributed by atoms with Crippen molar-refractivity contribution < 1.29 is 4.57 Å². The average Bonchev–Trinajstić information content (AvgIpc) is 2.28. The first-order chi connectivity index (χ1) is 7.87. The van der Waals surface area contributed by atoms with Crippen LogP contribution in [0.3, 0.4) is 0 Å². The first-order valence-electron chi connectivity index (χ1n) is 5.84. The zero-order valence-electron chi connectivity index (χ0n) is 10.9. The molecule has 0 heterocycles. The van der Waals surface area contributed by atoms with E-state index in [1.54, 1.807) is 5.82 Å². The van der Waals surface area contributed by atoms with Crippen LogP contribution in [0.25, 0.3) is 0 Å². The molecule has 0 N–H and O–H groups in total. The quantitative estimate of drug-likeness (QED) is 0.558. The minimum Gasteiger partial charge on any atom is -0.310 e. The van der Waals surface area contributed by atoms with Crippen LogP contribution in [-0.4, -0.2) is 8.07 Å². The van der Waals surface area contributed by atoms with E-state index in [0.717, 1.165) is 11.3 Å². The van der Waals surface area contributed by atoms with E-state index in [1.165, 1.54) is 0 Å². The van der Waals surface area contributed by atoms with Crippen molar-refractivity contribution in [2.45, 2.75) is 25.7 Å². The molecule has 0 saturated carbocycles. The lowest BCUT2D eigenvalue weighted by Crippen LogP contribution is -2.17. The molecule has 0 aliphatic carbocycles. The second kappa shape index (κ2) is 5.66. The summed E-state index contributed by atoms with van der Waals surface area (Å²) in [6.07, 6.45) is 2.07. The van der Waals surface area contributed by atoms with Crippen molar-refractivity contribution in [1.82, 2.24) is 0 Å². The van der Waals surface area contributed by atoms with Crippen molar-refractivity contribution >= 4 is 20.5 Å². The summed E-state index contributed by atoms with van der Waals surface area (Å²) >= 11 is 0. The van der Waals surface area contributed by atoms with Crippen LogP contribution < -0.4 is 5.30 Å². The van der Waals surface area contributed by atoms with Crippen molar-refractivity contribution in [2.24, 2.45) is 0 Å². The Labute approximate surface area is 106 Å². The van der Waals surface area contributed by atoms with Gasteiger partial charge in [-0.1, -0.05) is 62.6 Å². The van der Waals surface area contributed by atoms with Crippen LogP contribution in [0.15, 0.2) is 54.6 Å². The van der Waals surface area contributed by atoms with Crippen LogP contribution >= 0.6 is 7.14 Å². The first kappa shape index (κ1) is 14.2. The van der Waals surface area contributed by atoms with Crippen LogP contribution in [0.4, 0.5) is 0 Å². The summed E-state index contributed by atoms with van der Waals surface area (Å²) in [5.41, 5.74) is 0. The highest BCUT2D eigenvalue weighted by Crippen LogP contribution is 2.47. The maximum atomic E-state index is 12.7. The predicted molar refractivity (Wildman–Crippen MR) is 81.2 cm³/mol. The molecule has 1 aromatic rings. The fourth-order valence-corrected chi connectivity index (χ4v) is 4.06. The normalized spacial score (nSPS) is 15.7. The van der Waals surface area contributed by atoms with Crippen LogP contribution in [0, 0.1) is 0 Å². The van der Waals surface area contributed by atoms with Gasteiger partial charge in [-0.3, -0.25) is 0 Å². The maximum absolute atomic E-state index is 12.7. The molecule has 0 spiro atoms. The third-order valence-electron chi connectivity index (χ3n) is 2.49. The molecular formula is C14H21OPSi. The van der Waals surface area contributed by atoms with Gasteiger partial charge in [-0.2, -0.15) is 0 Å². The molecule has 0 saturated heterocycles. The summed E-state index contributed by atoms with van der Waals surface area (Å²) in [7, 11) is -3.65. The molecule has 1 rings (SSSR count). The van der Waals surface area contributed by atoms with Gasteiger partial charge in [-0.05, 0) is 17.7 Å². The molecule has 1 unspecified atom stereocenters. The number of benzene rings is 1. The molecule has 0 aliphatic heterocycles. The van der Waals surface area contributed by atoms with Crippen LogP contribution in [0.5, 0.6) is 0 Å². The molecule has 17 heavy (non-hydrogen) atoms. The van der Waals surface area contributed by atoms with Crippen molar-refractivity contribution in [2.75, 3.05) is 0 Å². The number of rotatable bonds is 5. The van der Waals surface area contributed by atoms with Crippen LogP contribution in [0.1, 0.15) is 0 Å². The minimum absolute atomic E-state index is 0.863. The fourth-order valence-electron chi connectivity index (χ4n) is 1.48. The Kier molecular flexibility index (Phi) is 4.73. The molecule has 0 aromatic heterocycles. The lowest BCUT2D eigenvalue weighted by Gasteiger charge is -2.13. The van der Waals surface area contributed by atoms with E-state index in [4.69, 9.17) is 0 Å². The molecule has 0 amide bonds. The van der Waals surface area contributed by atoms with Crippen molar-refractivity contribution in [1.29, 1.82) is 0 Å². The summed E-state index contributed by atoms with van der Waals surface area (Å²) in [5.74, 6) is 3.44. The summed E-state index contributed by atoms with van der Waals surface area (Å²) < 4.78 is 12.7. The maximum Gasteiger partial charge on any atom is 0.156 e. The van der Waals surface area contributed by atoms with Gasteiger partial charge in [0, 0.05) is 13.4 Å². The third-order valence-corrected chi connectivity index (χ3v) is 6.25. The minimum atomic E-state index is -2.53. The molecule has 0 radical (unpaired) electrons. The topological polar surface area (TPSA) is 17.1 Å². The third kappa shape index (κ3) is 4.49. The summed E-state index contributed by atoms with van der Waals surface area (Å²) in [5, 5.41) is 0.863. The summed E-state index contributed by atoms with van der Waals surface area (Å²) in [6.45, 7) is 10.6. The highest BCUT2D eigenvalue weighted by molar-refractivity contribution is 7.77. The zero-order chi connectivity index (χ0) is 12.9. The molecular weight excluding hydrogens is 243 g/mol. The largest absolute Gasteiger partial charge is 0.310 e. The fraction of sp³-hybridized carbons (Fsp3) is 0.286. The van der Waals surface area contributed by atoms with Gasteiger partial charge in [-0.25, -0.2) is 0 Å². The Balaban J connectivity index is 2.92. The Bertz CT molecular complexity index is 443. The van der Waals surface area contributed by atoms with Crippen LogP contribution in [0.2, 0.25) is 25.7 Å². The van der Waals surface area contributed by atoms with E-state index < -0.39 is 15.2 Å². The second-order valence-electron chi connectivity index (χ2n) is 5.38. The van der Waals surface area contributed by atoms with E-state index in [-0.39, 0.29) is 0 Å². The van der Waals surface area contributed by atoms with Gasteiger partial charge in [0.05, 0.1) is 0 Å². The van der Waals surface area contributed by atoms with Gasteiger partial charge < -0.3 is 4.57 Å². The standard InChI is InChI=1S/C14H21OPSi/c1-5-16(15,12-9-13-17(2,3)4)14-10-7-6-8-11-14/h5-12H,1,13H2,2-4H3/b12-9+. The van der Waals surface area contributed by atoms with Crippen molar-refractivity contribution in [3.05, 3.63) is 54.6 Å². The number of hydrogen-bond acceptors (Lipinski definition) is 1. The predicted octanol–water partition coefficient (Wildman–Crippen LogP) is 4.67. The molecule has 0 aliphatic rings. The first-order valence-corrected chi connectivity index (χ1v) is 11.4. The Morgan fingerprint density at radius 3 is 2.29 bits per heavy atom. The second-order valence-corrected chi connectivity index (χ2v) is 13.5. The monoisotopic (exact) mass is 264 g/mol. The number of hydrogen-bond donors (Lipinski definition) is 0. The van der Waals surface area contributed by atoms with Gasteiger partial charge in [0.2, 0.25) is 0 Å². The van der Waals surface area contributed by atoms with Crippen molar-refractivity contribution in [3.63, 3.8) is 0 Å². The van der Waals surface area contributed by atoms with Crippen molar-refractivity contribution in [3.8, 4) is 0 Å². The van der Waals surface area contributed by atoms with Gasteiger partial charge in [-0.15, -0.1) is 0 Å². The lowest BCUT2D eigenvalue weighted by atomic mass is 10.4. The molecule has 3 heteroatoms. The molecule has 1 atom stereocenters. The van der Waals surface area contributed by atoms with Gasteiger partial charge in [0.25, 0.3) is 0 Å². The SMILES string of the molecule is C=CP(=O)(/C=C/C[Si](C)(C)C)c1ccccc1. The molecule has 0 bridgehead atoms. The Hall–Kier alpha value is -0.853. The van der Waals surface area contributed by atoms with Crippen LogP contribution in [-0.2, 0) is 4.57 Å². The Morgan fingerprint density at radius 2 is 1.82 bits per heavy atom. The van der Waals surface area contributed by atoms with E-state index in [2.05, 4.69) is 32.3 Å². The summed E-state index contributed by atoms with van der Waals surface area (Å²) in [6, 6.07) is 10.6. The van der Waals surface area contributed by atoms with Gasteiger partial charge in [0.1, 0.15) is 0 Å². The van der Waals surface area contributed by atoms with E-state index in [1.807, 2.05) is 36.1 Å². The Morgan fingerprint density at radius 1 is 1.24 bits per heavy atom. The van der Waals surface area contributed by atoms with Gasteiger partial charge >= 0.3 is 0 Å². The zero-order valence-corrected chi connectivity index (χ0v) is 12.8. The molecule has 92 valence electrons. The number of allylic oxidation sites excluding steroid dienone is 1. The molecule has 1 nitrogen and oxygen atoms in total. The molecule has 0 fully saturated rings. The van der Waals surface area contributed by atoms with Gasteiger partial charge in [0.15, 0.2) is 7.14 Å². The lowest BCUT2D eigenvalue weighted by molar-refractivity contribution is 0.592. The van der Waals surface area contributed by atoms with E-state index in [0.29, 0.717) is 0 Å². The molecule has 1 aromatic carbocycles. The highest BCUT2D eigenvalue weighted by Gasteiger charge is 2.17. The summed E-state index contributed by atoms with van der Waals surface area (Å²) in [4.78, 5) is 0. The smallest absolute Gasteiger partial charge is 0.156 e. The van der Waals surface area contributed by atoms with E-state index in [9.17, 15) is 4.57 Å². The van der Waals surface area contributed by atoms with E-state index >= 15 is 0 Å². The average molecular weight is 264 g/mol.